The van der Waals surface area contributed by atoms with Crippen molar-refractivity contribution in [3.8, 4) is 0 Å². The summed E-state index contributed by atoms with van der Waals surface area (Å²) in [5.74, 6) is 0.627. The molecule has 0 aliphatic carbocycles. The van der Waals surface area contributed by atoms with E-state index in [9.17, 15) is 0 Å². The zero-order chi connectivity index (χ0) is 6.69. The number of hydrogen-bond donors (Lipinski definition) is 0. The monoisotopic (exact) mass is 204 g/mol. The molecular weight excluding hydrogens is 194 g/mol. The van der Waals surface area contributed by atoms with E-state index >= 15 is 0 Å². The van der Waals surface area contributed by atoms with Crippen molar-refractivity contribution in [3.63, 3.8) is 0 Å². The zero-order valence-electron chi connectivity index (χ0n) is 6.89. The first kappa shape index (κ1) is 11.0. The van der Waals surface area contributed by atoms with E-state index < -0.39 is 0 Å². The van der Waals surface area contributed by atoms with Gasteiger partial charge >= 0.3 is 58.2 Å². The van der Waals surface area contributed by atoms with Crippen molar-refractivity contribution in [2.75, 3.05) is 0 Å². The Morgan fingerprint density at radius 3 is 2.40 bits per heavy atom. The van der Waals surface area contributed by atoms with Crippen molar-refractivity contribution in [1.82, 2.24) is 0 Å². The average molecular weight is 205 g/mol. The van der Waals surface area contributed by atoms with Crippen LogP contribution in [0.15, 0.2) is 24.3 Å². The SMILES string of the molecule is CC(C)c1c[c-]ccc1.[Rb+]. The molecule has 0 unspecified atom stereocenters. The maximum absolute atomic E-state index is 3.04. The Morgan fingerprint density at radius 2 is 2.10 bits per heavy atom. The molecule has 0 heterocycles. The Kier molecular flexibility index (Phi) is 6.23. The predicted molar refractivity (Wildman–Crippen MR) is 39.4 cm³/mol. The first-order chi connectivity index (χ1) is 4.30. The van der Waals surface area contributed by atoms with Crippen molar-refractivity contribution in [1.29, 1.82) is 0 Å². The Hall–Kier alpha value is 1.03. The van der Waals surface area contributed by atoms with Crippen LogP contribution in [0, 0.1) is 6.07 Å². The molecule has 48 valence electrons. The Bertz CT molecular complexity index is 167. The minimum absolute atomic E-state index is 0. The molecule has 0 aliphatic rings. The summed E-state index contributed by atoms with van der Waals surface area (Å²) in [6, 6.07) is 11.1. The fraction of sp³-hybridized carbons (Fsp3) is 0.333. The maximum atomic E-state index is 3.04. The van der Waals surface area contributed by atoms with Gasteiger partial charge in [-0.05, 0) is 0 Å². The topological polar surface area (TPSA) is 0 Å². The van der Waals surface area contributed by atoms with E-state index in [4.69, 9.17) is 0 Å². The van der Waals surface area contributed by atoms with Crippen molar-refractivity contribution in [2.45, 2.75) is 19.8 Å². The van der Waals surface area contributed by atoms with Gasteiger partial charge in [0.15, 0.2) is 0 Å². The van der Waals surface area contributed by atoms with Gasteiger partial charge in [0, 0.05) is 0 Å². The summed E-state index contributed by atoms with van der Waals surface area (Å²) in [6.45, 7) is 4.37. The molecule has 1 aromatic carbocycles. The van der Waals surface area contributed by atoms with Gasteiger partial charge < -0.3 is 0 Å². The third-order valence-electron chi connectivity index (χ3n) is 1.40. The Morgan fingerprint density at radius 1 is 1.40 bits per heavy atom. The molecule has 0 saturated carbocycles. The van der Waals surface area contributed by atoms with Gasteiger partial charge in [-0.15, -0.1) is 0 Å². The Labute approximate surface area is 112 Å². The largest absolute Gasteiger partial charge is 1.00 e. The van der Waals surface area contributed by atoms with Crippen LogP contribution in [0.5, 0.6) is 0 Å². The molecule has 0 atom stereocenters. The quantitative estimate of drug-likeness (QED) is 0.547. The van der Waals surface area contributed by atoms with Crippen LogP contribution in [0.2, 0.25) is 0 Å². The molecule has 0 nitrogen and oxygen atoms in total. The van der Waals surface area contributed by atoms with Crippen LogP contribution in [0.3, 0.4) is 0 Å². The molecule has 0 N–H and O–H groups in total. The number of benzene rings is 1. The maximum Gasteiger partial charge on any atom is 1.00 e. The van der Waals surface area contributed by atoms with Crippen molar-refractivity contribution >= 4 is 0 Å². The predicted octanol–water partition coefficient (Wildman–Crippen LogP) is -0.386. The number of rotatable bonds is 1. The third-order valence-corrected chi connectivity index (χ3v) is 1.40. The molecule has 0 fully saturated rings. The second kappa shape index (κ2) is 5.65. The standard InChI is InChI=1S/C9H11.Rb/c1-8(2)9-6-4-3-5-7-9;/h3-4,6-8H,1-2H3;/q-1;+1. The summed E-state index contributed by atoms with van der Waals surface area (Å²) in [5.41, 5.74) is 1.36. The molecule has 0 aliphatic heterocycles. The molecule has 0 amide bonds. The summed E-state index contributed by atoms with van der Waals surface area (Å²) in [6.07, 6.45) is 0. The van der Waals surface area contributed by atoms with Gasteiger partial charge in [0.25, 0.3) is 0 Å². The van der Waals surface area contributed by atoms with Gasteiger partial charge in [-0.3, -0.25) is 0 Å². The summed E-state index contributed by atoms with van der Waals surface area (Å²) >= 11 is 0. The van der Waals surface area contributed by atoms with E-state index in [-0.39, 0.29) is 58.2 Å². The second-order valence-corrected chi connectivity index (χ2v) is 2.49. The van der Waals surface area contributed by atoms with Crippen LogP contribution in [0.4, 0.5) is 0 Å². The van der Waals surface area contributed by atoms with Gasteiger partial charge in [0.1, 0.15) is 0 Å². The minimum atomic E-state index is 0. The second-order valence-electron chi connectivity index (χ2n) is 2.49. The average Bonchev–Trinajstić information content (AvgIpc) is 1.90. The molecule has 1 aromatic rings. The smallest absolute Gasteiger partial charge is 0.184 e. The van der Waals surface area contributed by atoms with Crippen molar-refractivity contribution in [3.05, 3.63) is 35.9 Å². The first-order valence-corrected chi connectivity index (χ1v) is 3.26. The van der Waals surface area contributed by atoms with Crippen LogP contribution >= 0.6 is 0 Å². The van der Waals surface area contributed by atoms with E-state index in [2.05, 4.69) is 26.0 Å². The molecule has 0 saturated heterocycles. The van der Waals surface area contributed by atoms with Crippen molar-refractivity contribution < 1.29 is 58.2 Å². The van der Waals surface area contributed by atoms with E-state index in [1.54, 1.807) is 0 Å². The van der Waals surface area contributed by atoms with Crippen LogP contribution in [-0.4, -0.2) is 0 Å². The van der Waals surface area contributed by atoms with Crippen LogP contribution in [-0.2, 0) is 0 Å². The fourth-order valence-corrected chi connectivity index (χ4v) is 0.766. The van der Waals surface area contributed by atoms with Gasteiger partial charge in [-0.2, -0.15) is 35.9 Å². The summed E-state index contributed by atoms with van der Waals surface area (Å²) in [7, 11) is 0. The van der Waals surface area contributed by atoms with E-state index in [0.717, 1.165) is 0 Å². The van der Waals surface area contributed by atoms with Crippen molar-refractivity contribution in [2.24, 2.45) is 0 Å². The molecule has 0 radical (unpaired) electrons. The summed E-state index contributed by atoms with van der Waals surface area (Å²) in [4.78, 5) is 0. The number of hydrogen-bond acceptors (Lipinski definition) is 0. The molecular formula is C9H11Rb. The first-order valence-electron chi connectivity index (χ1n) is 3.26. The van der Waals surface area contributed by atoms with Gasteiger partial charge in [-0.1, -0.05) is 19.8 Å². The fourth-order valence-electron chi connectivity index (χ4n) is 0.766. The van der Waals surface area contributed by atoms with Gasteiger partial charge in [0.05, 0.1) is 0 Å². The zero-order valence-corrected chi connectivity index (χ0v) is 11.8. The molecule has 0 bridgehead atoms. The molecule has 1 heteroatoms. The van der Waals surface area contributed by atoms with E-state index in [0.29, 0.717) is 5.92 Å². The summed E-state index contributed by atoms with van der Waals surface area (Å²) < 4.78 is 0. The molecule has 10 heavy (non-hydrogen) atoms. The normalized spacial score (nSPS) is 9.10. The van der Waals surface area contributed by atoms with Crippen LogP contribution in [0.1, 0.15) is 25.3 Å². The third kappa shape index (κ3) is 3.43. The van der Waals surface area contributed by atoms with Gasteiger partial charge in [-0.25, -0.2) is 0 Å². The van der Waals surface area contributed by atoms with Gasteiger partial charge in [0.2, 0.25) is 0 Å². The Balaban J connectivity index is 0.000000810. The molecule has 1 rings (SSSR count). The van der Waals surface area contributed by atoms with Crippen LogP contribution < -0.4 is 58.2 Å². The van der Waals surface area contributed by atoms with Crippen LogP contribution in [0.25, 0.3) is 0 Å². The summed E-state index contributed by atoms with van der Waals surface area (Å²) in [5, 5.41) is 0. The minimum Gasteiger partial charge on any atom is -0.184 e. The van der Waals surface area contributed by atoms with E-state index in [1.807, 2.05) is 18.2 Å². The molecule has 0 aromatic heterocycles. The van der Waals surface area contributed by atoms with E-state index in [1.165, 1.54) is 5.56 Å². The molecule has 0 spiro atoms.